The van der Waals surface area contributed by atoms with Gasteiger partial charge in [-0.1, -0.05) is 29.8 Å². The molecule has 0 bridgehead atoms. The molecule has 2 aromatic carbocycles. The Bertz CT molecular complexity index is 920. The van der Waals surface area contributed by atoms with E-state index in [0.717, 1.165) is 23.6 Å². The number of anilines is 1. The van der Waals surface area contributed by atoms with Crippen molar-refractivity contribution < 1.29 is 18.0 Å². The first-order chi connectivity index (χ1) is 11.4. The van der Waals surface area contributed by atoms with Crippen molar-refractivity contribution in [1.29, 1.82) is 0 Å². The van der Waals surface area contributed by atoms with Gasteiger partial charge in [-0.25, -0.2) is 0 Å². The number of fused-ring (bicyclic) bond motifs is 1. The molecule has 1 aromatic heterocycles. The molecule has 7 heteroatoms. The van der Waals surface area contributed by atoms with Gasteiger partial charge in [-0.3, -0.25) is 9.78 Å². The molecule has 0 aliphatic heterocycles. The lowest BCUT2D eigenvalue weighted by atomic mass is 10.1. The average molecular weight is 351 g/mol. The molecule has 0 radical (unpaired) electrons. The maximum atomic E-state index is 13.1. The minimum atomic E-state index is -4.66. The Labute approximate surface area is 140 Å². The molecule has 0 aliphatic carbocycles. The van der Waals surface area contributed by atoms with Crippen LogP contribution in [0.2, 0.25) is 5.02 Å². The molecule has 1 heterocycles. The summed E-state index contributed by atoms with van der Waals surface area (Å²) in [6.45, 7) is 0. The average Bonchev–Trinajstić information content (AvgIpc) is 2.54. The lowest BCUT2D eigenvalue weighted by Crippen LogP contribution is -2.19. The second-order valence-electron chi connectivity index (χ2n) is 5.02. The summed E-state index contributed by atoms with van der Waals surface area (Å²) in [7, 11) is 0. The Kier molecular flexibility index (Phi) is 4.15. The van der Waals surface area contributed by atoms with Crippen LogP contribution in [0.1, 0.15) is 15.9 Å². The van der Waals surface area contributed by atoms with Gasteiger partial charge in [0.2, 0.25) is 0 Å². The summed E-state index contributed by atoms with van der Waals surface area (Å²) in [6.07, 6.45) is -3.12. The Balaban J connectivity index is 2.03. The van der Waals surface area contributed by atoms with E-state index in [1.807, 2.05) is 0 Å². The number of hydrogen-bond donors (Lipinski definition) is 1. The van der Waals surface area contributed by atoms with Crippen LogP contribution in [-0.2, 0) is 6.18 Å². The summed E-state index contributed by atoms with van der Waals surface area (Å²) in [5, 5.41) is 3.29. The molecule has 0 fully saturated rings. The molecule has 3 rings (SSSR count). The molecule has 0 atom stereocenters. The van der Waals surface area contributed by atoms with Crippen LogP contribution in [0.25, 0.3) is 10.9 Å². The topological polar surface area (TPSA) is 42.0 Å². The summed E-state index contributed by atoms with van der Waals surface area (Å²) in [4.78, 5) is 16.5. The van der Waals surface area contributed by atoms with E-state index in [0.29, 0.717) is 11.2 Å². The standard InChI is InChI=1S/C17H10ClF3N2O/c18-11-6-7-13(17(19,20)21)12(9-11)16(24)23-14-5-1-3-10-4-2-8-22-15(10)14/h1-9H,(H,23,24). The number of hydrogen-bond acceptors (Lipinski definition) is 2. The molecule has 0 unspecified atom stereocenters. The molecule has 1 amide bonds. The molecule has 3 aromatic rings. The number of nitrogens with one attached hydrogen (secondary N) is 1. The van der Waals surface area contributed by atoms with Crippen LogP contribution in [0, 0.1) is 0 Å². The van der Waals surface area contributed by atoms with Crippen LogP contribution in [0.15, 0.2) is 54.7 Å². The summed E-state index contributed by atoms with van der Waals surface area (Å²) < 4.78 is 39.3. The van der Waals surface area contributed by atoms with Crippen LogP contribution in [0.5, 0.6) is 0 Å². The van der Waals surface area contributed by atoms with Gasteiger partial charge in [0.25, 0.3) is 5.91 Å². The third-order valence-corrected chi connectivity index (χ3v) is 3.65. The number of aromatic nitrogens is 1. The van der Waals surface area contributed by atoms with Crippen LogP contribution in [0.3, 0.4) is 0 Å². The number of carbonyl (C=O) groups excluding carboxylic acids is 1. The van der Waals surface area contributed by atoms with E-state index in [2.05, 4.69) is 10.3 Å². The van der Waals surface area contributed by atoms with Gasteiger partial charge >= 0.3 is 6.18 Å². The number of benzene rings is 2. The first-order valence-electron chi connectivity index (χ1n) is 6.88. The maximum Gasteiger partial charge on any atom is 0.417 e. The Morgan fingerprint density at radius 3 is 2.58 bits per heavy atom. The quantitative estimate of drug-likeness (QED) is 0.693. The normalized spacial score (nSPS) is 11.5. The highest BCUT2D eigenvalue weighted by Crippen LogP contribution is 2.34. The van der Waals surface area contributed by atoms with Crippen molar-refractivity contribution in [3.05, 3.63) is 70.9 Å². The van der Waals surface area contributed by atoms with Crippen LogP contribution in [-0.4, -0.2) is 10.9 Å². The zero-order chi connectivity index (χ0) is 17.3. The molecule has 0 saturated heterocycles. The minimum Gasteiger partial charge on any atom is -0.320 e. The van der Waals surface area contributed by atoms with Crippen molar-refractivity contribution in [2.45, 2.75) is 6.18 Å². The molecule has 3 nitrogen and oxygen atoms in total. The van der Waals surface area contributed by atoms with E-state index in [9.17, 15) is 18.0 Å². The largest absolute Gasteiger partial charge is 0.417 e. The van der Waals surface area contributed by atoms with Gasteiger partial charge in [-0.15, -0.1) is 0 Å². The molecule has 0 saturated carbocycles. The van der Waals surface area contributed by atoms with E-state index < -0.39 is 23.2 Å². The van der Waals surface area contributed by atoms with Crippen molar-refractivity contribution in [2.24, 2.45) is 0 Å². The predicted octanol–water partition coefficient (Wildman–Crippen LogP) is 5.16. The Morgan fingerprint density at radius 1 is 1.08 bits per heavy atom. The van der Waals surface area contributed by atoms with Gasteiger partial charge in [-0.2, -0.15) is 13.2 Å². The second-order valence-corrected chi connectivity index (χ2v) is 5.46. The Morgan fingerprint density at radius 2 is 1.83 bits per heavy atom. The summed E-state index contributed by atoms with van der Waals surface area (Å²) >= 11 is 5.75. The Hall–Kier alpha value is -2.60. The van der Waals surface area contributed by atoms with Gasteiger partial charge < -0.3 is 5.32 Å². The number of nitrogens with zero attached hydrogens (tertiary/aromatic N) is 1. The number of amides is 1. The first kappa shape index (κ1) is 16.3. The summed E-state index contributed by atoms with van der Waals surface area (Å²) in [5.41, 5.74) is -0.768. The lowest BCUT2D eigenvalue weighted by molar-refractivity contribution is -0.137. The molecule has 0 aliphatic rings. The number of alkyl halides is 3. The highest BCUT2D eigenvalue weighted by Gasteiger charge is 2.35. The molecule has 122 valence electrons. The minimum absolute atomic E-state index is 0.0456. The molecule has 1 N–H and O–H groups in total. The number of carbonyl (C=O) groups is 1. The predicted molar refractivity (Wildman–Crippen MR) is 86.2 cm³/mol. The van der Waals surface area contributed by atoms with Crippen LogP contribution < -0.4 is 5.32 Å². The number of halogens is 4. The second kappa shape index (κ2) is 6.13. The van der Waals surface area contributed by atoms with Gasteiger partial charge in [0.05, 0.1) is 22.3 Å². The molecular weight excluding hydrogens is 341 g/mol. The van der Waals surface area contributed by atoms with Gasteiger partial charge in [0, 0.05) is 16.6 Å². The zero-order valence-electron chi connectivity index (χ0n) is 12.1. The van der Waals surface area contributed by atoms with Gasteiger partial charge in [0.15, 0.2) is 0 Å². The smallest absolute Gasteiger partial charge is 0.320 e. The van der Waals surface area contributed by atoms with Crippen molar-refractivity contribution in [2.75, 3.05) is 5.32 Å². The number of rotatable bonds is 2. The number of para-hydroxylation sites is 1. The van der Waals surface area contributed by atoms with E-state index in [1.54, 1.807) is 36.5 Å². The van der Waals surface area contributed by atoms with Crippen molar-refractivity contribution >= 4 is 34.1 Å². The molecule has 24 heavy (non-hydrogen) atoms. The van der Waals surface area contributed by atoms with Crippen LogP contribution in [0.4, 0.5) is 18.9 Å². The van der Waals surface area contributed by atoms with E-state index in [-0.39, 0.29) is 5.02 Å². The first-order valence-corrected chi connectivity index (χ1v) is 7.26. The molecular formula is C17H10ClF3N2O. The third kappa shape index (κ3) is 3.19. The SMILES string of the molecule is O=C(Nc1cccc2cccnc12)c1cc(Cl)ccc1C(F)(F)F. The van der Waals surface area contributed by atoms with Crippen LogP contribution >= 0.6 is 11.6 Å². The van der Waals surface area contributed by atoms with Gasteiger partial charge in [0.1, 0.15) is 0 Å². The number of pyridine rings is 1. The van der Waals surface area contributed by atoms with Crippen molar-refractivity contribution in [3.63, 3.8) is 0 Å². The highest BCUT2D eigenvalue weighted by atomic mass is 35.5. The summed E-state index contributed by atoms with van der Waals surface area (Å²) in [5.74, 6) is -0.900. The molecule has 0 spiro atoms. The van der Waals surface area contributed by atoms with Gasteiger partial charge in [-0.05, 0) is 30.3 Å². The maximum absolute atomic E-state index is 13.1. The van der Waals surface area contributed by atoms with Crippen molar-refractivity contribution in [1.82, 2.24) is 4.98 Å². The fourth-order valence-corrected chi connectivity index (χ4v) is 2.52. The zero-order valence-corrected chi connectivity index (χ0v) is 12.8. The van der Waals surface area contributed by atoms with E-state index >= 15 is 0 Å². The highest BCUT2D eigenvalue weighted by molar-refractivity contribution is 6.31. The fourth-order valence-electron chi connectivity index (χ4n) is 2.35. The lowest BCUT2D eigenvalue weighted by Gasteiger charge is -2.14. The monoisotopic (exact) mass is 350 g/mol. The van der Waals surface area contributed by atoms with E-state index in [4.69, 9.17) is 11.6 Å². The fraction of sp³-hybridized carbons (Fsp3) is 0.0588. The third-order valence-electron chi connectivity index (χ3n) is 3.41. The summed E-state index contributed by atoms with van der Waals surface area (Å²) in [6, 6.07) is 11.5. The van der Waals surface area contributed by atoms with Crippen molar-refractivity contribution in [3.8, 4) is 0 Å². The van der Waals surface area contributed by atoms with E-state index in [1.165, 1.54) is 0 Å².